The van der Waals surface area contributed by atoms with Crippen molar-refractivity contribution in [3.8, 4) is 0 Å². The second-order valence-corrected chi connectivity index (χ2v) is 5.80. The topological polar surface area (TPSA) is 86.0 Å². The van der Waals surface area contributed by atoms with E-state index < -0.39 is 0 Å². The molecule has 26 heavy (non-hydrogen) atoms. The van der Waals surface area contributed by atoms with Gasteiger partial charge in [-0.15, -0.1) is 0 Å². The van der Waals surface area contributed by atoms with Crippen LogP contribution >= 0.6 is 0 Å². The molecule has 0 radical (unpaired) electrons. The van der Waals surface area contributed by atoms with E-state index in [9.17, 15) is 14.4 Å². The molecule has 0 fully saturated rings. The molecular weight excluding hydrogens is 332 g/mol. The fraction of sp³-hybridized carbons (Fsp3) is 0.158. The zero-order valence-corrected chi connectivity index (χ0v) is 14.3. The normalized spacial score (nSPS) is 10.5. The number of carbonyl (C=O) groups is 2. The number of pyridine rings is 1. The summed E-state index contributed by atoms with van der Waals surface area (Å²) in [5, 5.41) is 2.76. The Bertz CT molecular complexity index is 986. The summed E-state index contributed by atoms with van der Waals surface area (Å²) >= 11 is 0. The molecule has 0 bridgehead atoms. The van der Waals surface area contributed by atoms with Gasteiger partial charge in [-0.3, -0.25) is 14.4 Å². The molecule has 7 heteroatoms. The van der Waals surface area contributed by atoms with Gasteiger partial charge < -0.3 is 14.5 Å². The van der Waals surface area contributed by atoms with Crippen LogP contribution in [0.5, 0.6) is 0 Å². The molecule has 3 aromatic rings. The summed E-state index contributed by atoms with van der Waals surface area (Å²) in [6.07, 6.45) is 5.10. The van der Waals surface area contributed by atoms with Crippen LogP contribution in [0.3, 0.4) is 0 Å². The molecule has 2 aromatic heterocycles. The first-order valence-electron chi connectivity index (χ1n) is 8.12. The van der Waals surface area contributed by atoms with Crippen molar-refractivity contribution in [3.05, 3.63) is 82.8 Å². The number of carbonyl (C=O) groups excluding carboxylic acids is 2. The molecule has 0 saturated carbocycles. The van der Waals surface area contributed by atoms with Crippen molar-refractivity contribution in [2.45, 2.75) is 13.0 Å². The Morgan fingerprint density at radius 3 is 2.50 bits per heavy atom. The van der Waals surface area contributed by atoms with Crippen LogP contribution in [0, 0.1) is 0 Å². The Labute approximate surface area is 149 Å². The van der Waals surface area contributed by atoms with E-state index in [1.165, 1.54) is 10.6 Å². The van der Waals surface area contributed by atoms with Crippen molar-refractivity contribution >= 4 is 17.4 Å². The lowest BCUT2D eigenvalue weighted by Gasteiger charge is -2.08. The smallest absolute Gasteiger partial charge is 0.250 e. The van der Waals surface area contributed by atoms with Gasteiger partial charge in [-0.25, -0.2) is 4.98 Å². The minimum atomic E-state index is -0.205. The predicted molar refractivity (Wildman–Crippen MR) is 97.0 cm³/mol. The number of benzene rings is 1. The third-order valence-corrected chi connectivity index (χ3v) is 3.93. The number of aryl methyl sites for hydroxylation is 2. The SMILES string of the molecule is Cn1ccnc1C(=O)c1ccc(NC(=O)CCn2ccccc2=O)cc1. The number of nitrogens with one attached hydrogen (secondary N) is 1. The Morgan fingerprint density at radius 1 is 1.08 bits per heavy atom. The van der Waals surface area contributed by atoms with E-state index >= 15 is 0 Å². The molecule has 1 N–H and O–H groups in total. The number of rotatable bonds is 6. The third kappa shape index (κ3) is 3.94. The molecule has 0 aliphatic rings. The van der Waals surface area contributed by atoms with Crippen LogP contribution < -0.4 is 10.9 Å². The van der Waals surface area contributed by atoms with Crippen LogP contribution in [-0.4, -0.2) is 25.8 Å². The summed E-state index contributed by atoms with van der Waals surface area (Å²) < 4.78 is 3.14. The molecule has 3 rings (SSSR count). The van der Waals surface area contributed by atoms with Crippen molar-refractivity contribution in [2.24, 2.45) is 7.05 Å². The fourth-order valence-corrected chi connectivity index (χ4v) is 2.51. The van der Waals surface area contributed by atoms with Crippen LogP contribution in [-0.2, 0) is 18.4 Å². The molecule has 0 aliphatic heterocycles. The first kappa shape index (κ1) is 17.3. The molecule has 1 aromatic carbocycles. The van der Waals surface area contributed by atoms with Crippen molar-refractivity contribution in [2.75, 3.05) is 5.32 Å². The minimum Gasteiger partial charge on any atom is -0.331 e. The van der Waals surface area contributed by atoms with Crippen molar-refractivity contribution in [1.29, 1.82) is 0 Å². The number of ketones is 1. The Hall–Kier alpha value is -3.48. The first-order chi connectivity index (χ1) is 12.5. The quantitative estimate of drug-likeness (QED) is 0.688. The zero-order valence-electron chi connectivity index (χ0n) is 14.3. The third-order valence-electron chi connectivity index (χ3n) is 3.93. The number of hydrogen-bond acceptors (Lipinski definition) is 4. The maximum absolute atomic E-state index is 12.4. The van der Waals surface area contributed by atoms with Crippen LogP contribution in [0.25, 0.3) is 0 Å². The highest BCUT2D eigenvalue weighted by Gasteiger charge is 2.13. The number of aromatic nitrogens is 3. The van der Waals surface area contributed by atoms with Gasteiger partial charge in [-0.2, -0.15) is 0 Å². The number of amides is 1. The summed E-state index contributed by atoms with van der Waals surface area (Å²) in [5.74, 6) is -0.0298. The Balaban J connectivity index is 1.60. The largest absolute Gasteiger partial charge is 0.331 e. The fourth-order valence-electron chi connectivity index (χ4n) is 2.51. The number of imidazole rings is 1. The molecule has 0 spiro atoms. The summed E-state index contributed by atoms with van der Waals surface area (Å²) in [5.41, 5.74) is 0.942. The van der Waals surface area contributed by atoms with Crippen LogP contribution in [0.4, 0.5) is 5.69 Å². The standard InChI is InChI=1S/C19H18N4O3/c1-22-13-10-20-19(22)18(26)14-5-7-15(8-6-14)21-16(24)9-12-23-11-3-2-4-17(23)25/h2-8,10-11,13H,9,12H2,1H3,(H,21,24). The predicted octanol–water partition coefficient (Wildman–Crippen LogP) is 1.84. The van der Waals surface area contributed by atoms with Crippen LogP contribution in [0.15, 0.2) is 65.8 Å². The molecule has 132 valence electrons. The second-order valence-electron chi connectivity index (χ2n) is 5.80. The van der Waals surface area contributed by atoms with E-state index in [0.717, 1.165) is 0 Å². The lowest BCUT2D eigenvalue weighted by atomic mass is 10.1. The summed E-state index contributed by atoms with van der Waals surface area (Å²) in [4.78, 5) is 40.0. The van der Waals surface area contributed by atoms with Gasteiger partial charge in [0, 0.05) is 55.9 Å². The number of nitrogens with zero attached hydrogens (tertiary/aromatic N) is 3. The van der Waals surface area contributed by atoms with E-state index in [0.29, 0.717) is 23.6 Å². The molecule has 0 aliphatic carbocycles. The van der Waals surface area contributed by atoms with Gasteiger partial charge in [-0.05, 0) is 30.3 Å². The van der Waals surface area contributed by atoms with Gasteiger partial charge in [0.05, 0.1) is 0 Å². The van der Waals surface area contributed by atoms with E-state index in [1.54, 1.807) is 66.6 Å². The van der Waals surface area contributed by atoms with E-state index in [2.05, 4.69) is 10.3 Å². The highest BCUT2D eigenvalue weighted by Crippen LogP contribution is 2.13. The summed E-state index contributed by atoms with van der Waals surface area (Å²) in [7, 11) is 1.76. The van der Waals surface area contributed by atoms with Crippen molar-refractivity contribution in [3.63, 3.8) is 0 Å². The van der Waals surface area contributed by atoms with E-state index in [-0.39, 0.29) is 23.7 Å². The van der Waals surface area contributed by atoms with Gasteiger partial charge in [0.1, 0.15) is 0 Å². The average Bonchev–Trinajstić information content (AvgIpc) is 3.07. The number of anilines is 1. The highest BCUT2D eigenvalue weighted by molar-refractivity contribution is 6.07. The van der Waals surface area contributed by atoms with Gasteiger partial charge >= 0.3 is 0 Å². The molecule has 2 heterocycles. The van der Waals surface area contributed by atoms with Gasteiger partial charge in [0.15, 0.2) is 5.82 Å². The van der Waals surface area contributed by atoms with Gasteiger partial charge in [-0.1, -0.05) is 6.07 Å². The second kappa shape index (κ2) is 7.60. The maximum atomic E-state index is 12.4. The Kier molecular flexibility index (Phi) is 5.07. The summed E-state index contributed by atoms with van der Waals surface area (Å²) in [6, 6.07) is 11.5. The zero-order chi connectivity index (χ0) is 18.5. The van der Waals surface area contributed by atoms with Crippen LogP contribution in [0.1, 0.15) is 22.6 Å². The van der Waals surface area contributed by atoms with Crippen molar-refractivity contribution in [1.82, 2.24) is 14.1 Å². The van der Waals surface area contributed by atoms with E-state index in [1.807, 2.05) is 0 Å². The van der Waals surface area contributed by atoms with Crippen LogP contribution in [0.2, 0.25) is 0 Å². The lowest BCUT2D eigenvalue weighted by molar-refractivity contribution is -0.116. The Morgan fingerprint density at radius 2 is 1.85 bits per heavy atom. The molecule has 7 nitrogen and oxygen atoms in total. The van der Waals surface area contributed by atoms with E-state index in [4.69, 9.17) is 0 Å². The molecular formula is C19H18N4O3. The maximum Gasteiger partial charge on any atom is 0.250 e. The monoisotopic (exact) mass is 350 g/mol. The number of hydrogen-bond donors (Lipinski definition) is 1. The van der Waals surface area contributed by atoms with Crippen molar-refractivity contribution < 1.29 is 9.59 Å². The summed E-state index contributed by atoms with van der Waals surface area (Å²) in [6.45, 7) is 0.307. The molecule has 0 saturated heterocycles. The molecule has 1 amide bonds. The lowest BCUT2D eigenvalue weighted by Crippen LogP contribution is -2.21. The molecule has 0 unspecified atom stereocenters. The van der Waals surface area contributed by atoms with Gasteiger partial charge in [0.25, 0.3) is 5.56 Å². The van der Waals surface area contributed by atoms with Gasteiger partial charge in [0.2, 0.25) is 11.7 Å². The minimum absolute atomic E-state index is 0.141. The average molecular weight is 350 g/mol. The molecule has 0 atom stereocenters. The highest BCUT2D eigenvalue weighted by atomic mass is 16.2. The first-order valence-corrected chi connectivity index (χ1v) is 8.12.